The van der Waals surface area contributed by atoms with Gasteiger partial charge in [0.25, 0.3) is 0 Å². The molecule has 0 saturated carbocycles. The number of fused-ring (bicyclic) bond motifs is 1. The second-order valence-corrected chi connectivity index (χ2v) is 3.66. The average molecular weight is 192 g/mol. The third-order valence-electron chi connectivity index (χ3n) is 1.87. The van der Waals surface area contributed by atoms with E-state index >= 15 is 0 Å². The zero-order valence-electron chi connectivity index (χ0n) is 7.06. The summed E-state index contributed by atoms with van der Waals surface area (Å²) in [5, 5.41) is 13.7. The van der Waals surface area contributed by atoms with Gasteiger partial charge in [0.05, 0.1) is 15.9 Å². The molecule has 2 rings (SSSR count). The van der Waals surface area contributed by atoms with Gasteiger partial charge in [0.2, 0.25) is 0 Å². The number of pyridine rings is 1. The van der Waals surface area contributed by atoms with E-state index in [4.69, 9.17) is 5.21 Å². The van der Waals surface area contributed by atoms with Crippen molar-refractivity contribution in [3.63, 3.8) is 0 Å². The van der Waals surface area contributed by atoms with E-state index in [0.717, 1.165) is 15.8 Å². The van der Waals surface area contributed by atoms with Crippen molar-refractivity contribution in [2.75, 3.05) is 0 Å². The smallest absolute Gasteiger partial charge is 0.0852 e. The molecule has 13 heavy (non-hydrogen) atoms. The average Bonchev–Trinajstić information content (AvgIpc) is 2.63. The van der Waals surface area contributed by atoms with E-state index in [0.29, 0.717) is 5.71 Å². The molecule has 0 radical (unpaired) electrons. The van der Waals surface area contributed by atoms with Crippen LogP contribution in [0.15, 0.2) is 28.9 Å². The quantitative estimate of drug-likeness (QED) is 0.428. The van der Waals surface area contributed by atoms with Crippen molar-refractivity contribution in [3.05, 3.63) is 29.3 Å². The van der Waals surface area contributed by atoms with Gasteiger partial charge in [-0.15, -0.1) is 11.3 Å². The van der Waals surface area contributed by atoms with Gasteiger partial charge in [0, 0.05) is 11.8 Å². The molecule has 0 unspecified atom stereocenters. The van der Waals surface area contributed by atoms with Crippen molar-refractivity contribution < 1.29 is 5.21 Å². The number of thiophene rings is 1. The number of oxime groups is 1. The first-order valence-corrected chi connectivity index (χ1v) is 4.71. The van der Waals surface area contributed by atoms with E-state index in [2.05, 4.69) is 10.1 Å². The maximum absolute atomic E-state index is 8.57. The summed E-state index contributed by atoms with van der Waals surface area (Å²) in [4.78, 5) is 4.23. The highest BCUT2D eigenvalue weighted by atomic mass is 32.1. The molecule has 0 aliphatic heterocycles. The van der Waals surface area contributed by atoms with E-state index in [1.165, 1.54) is 0 Å². The van der Waals surface area contributed by atoms with E-state index in [1.807, 2.05) is 17.5 Å². The number of hydrogen-bond donors (Lipinski definition) is 1. The molecular weight excluding hydrogens is 184 g/mol. The first-order valence-electron chi connectivity index (χ1n) is 3.83. The predicted molar refractivity (Wildman–Crippen MR) is 53.6 cm³/mol. The van der Waals surface area contributed by atoms with Crippen LogP contribution in [0.25, 0.3) is 10.2 Å². The maximum Gasteiger partial charge on any atom is 0.0852 e. The fraction of sp³-hybridized carbons (Fsp3) is 0.111. The van der Waals surface area contributed by atoms with Gasteiger partial charge < -0.3 is 5.21 Å². The number of hydrogen-bond acceptors (Lipinski definition) is 4. The Morgan fingerprint density at radius 3 is 3.23 bits per heavy atom. The van der Waals surface area contributed by atoms with Crippen LogP contribution >= 0.6 is 11.3 Å². The Morgan fingerprint density at radius 1 is 1.62 bits per heavy atom. The van der Waals surface area contributed by atoms with Gasteiger partial charge in [-0.1, -0.05) is 5.16 Å². The number of rotatable bonds is 1. The molecule has 0 saturated heterocycles. The Balaban J connectivity index is 2.60. The summed E-state index contributed by atoms with van der Waals surface area (Å²) in [5.74, 6) is 0. The lowest BCUT2D eigenvalue weighted by molar-refractivity contribution is 0.319. The molecule has 0 fully saturated rings. The monoisotopic (exact) mass is 192 g/mol. The lowest BCUT2D eigenvalue weighted by atomic mass is 10.2. The van der Waals surface area contributed by atoms with Crippen molar-refractivity contribution in [1.82, 2.24) is 4.98 Å². The first kappa shape index (κ1) is 8.19. The highest BCUT2D eigenvalue weighted by molar-refractivity contribution is 7.17. The molecule has 2 heterocycles. The van der Waals surface area contributed by atoms with E-state index in [1.54, 1.807) is 24.5 Å². The zero-order valence-corrected chi connectivity index (χ0v) is 7.88. The molecule has 0 aliphatic rings. The van der Waals surface area contributed by atoms with Crippen molar-refractivity contribution >= 4 is 27.3 Å². The molecule has 2 aromatic rings. The lowest BCUT2D eigenvalue weighted by Crippen LogP contribution is -1.94. The molecule has 0 aliphatic carbocycles. The van der Waals surface area contributed by atoms with Crippen LogP contribution in [0, 0.1) is 0 Å². The maximum atomic E-state index is 8.57. The third kappa shape index (κ3) is 1.40. The van der Waals surface area contributed by atoms with Crippen LogP contribution in [-0.4, -0.2) is 15.9 Å². The minimum Gasteiger partial charge on any atom is -0.411 e. The molecular formula is C9H8N2OS. The standard InChI is InChI=1S/C9H8N2OS/c1-6(11-12)7-4-9-8(10-5-7)2-3-13-9/h2-5,12H,1H3. The molecule has 0 aromatic carbocycles. The molecule has 66 valence electrons. The van der Waals surface area contributed by atoms with Gasteiger partial charge in [-0.25, -0.2) is 0 Å². The van der Waals surface area contributed by atoms with Gasteiger partial charge >= 0.3 is 0 Å². The number of nitrogens with zero attached hydrogens (tertiary/aromatic N) is 2. The van der Waals surface area contributed by atoms with E-state index in [-0.39, 0.29) is 0 Å². The van der Waals surface area contributed by atoms with Gasteiger partial charge in [0.15, 0.2) is 0 Å². The summed E-state index contributed by atoms with van der Waals surface area (Å²) < 4.78 is 1.11. The molecule has 4 heteroatoms. The summed E-state index contributed by atoms with van der Waals surface area (Å²) in [5.41, 5.74) is 2.43. The zero-order chi connectivity index (χ0) is 9.26. The minimum absolute atomic E-state index is 0.586. The fourth-order valence-corrected chi connectivity index (χ4v) is 1.88. The van der Waals surface area contributed by atoms with Crippen LogP contribution in [0.2, 0.25) is 0 Å². The van der Waals surface area contributed by atoms with Crippen molar-refractivity contribution in [2.24, 2.45) is 5.16 Å². The van der Waals surface area contributed by atoms with Crippen LogP contribution in [0.4, 0.5) is 0 Å². The van der Waals surface area contributed by atoms with Crippen LogP contribution in [0.1, 0.15) is 12.5 Å². The third-order valence-corrected chi connectivity index (χ3v) is 2.72. The summed E-state index contributed by atoms with van der Waals surface area (Å²) in [6, 6.07) is 3.94. The van der Waals surface area contributed by atoms with Gasteiger partial charge in [-0.2, -0.15) is 0 Å². The molecule has 1 N–H and O–H groups in total. The fourth-order valence-electron chi connectivity index (χ4n) is 1.10. The second-order valence-electron chi connectivity index (χ2n) is 2.71. The van der Waals surface area contributed by atoms with E-state index < -0.39 is 0 Å². The van der Waals surface area contributed by atoms with E-state index in [9.17, 15) is 0 Å². The highest BCUT2D eigenvalue weighted by Gasteiger charge is 2.01. The van der Waals surface area contributed by atoms with Crippen molar-refractivity contribution in [1.29, 1.82) is 0 Å². The summed E-state index contributed by atoms with van der Waals surface area (Å²) in [7, 11) is 0. The second kappa shape index (κ2) is 3.14. The SMILES string of the molecule is CC(=NO)c1cnc2ccsc2c1. The van der Waals surface area contributed by atoms with Crippen LogP contribution in [0.3, 0.4) is 0 Å². The topological polar surface area (TPSA) is 45.5 Å². The van der Waals surface area contributed by atoms with Crippen LogP contribution in [0.5, 0.6) is 0 Å². The summed E-state index contributed by atoms with van der Waals surface area (Å²) >= 11 is 1.63. The predicted octanol–water partition coefficient (Wildman–Crippen LogP) is 2.49. The van der Waals surface area contributed by atoms with Crippen molar-refractivity contribution in [2.45, 2.75) is 6.92 Å². The Bertz CT molecular complexity index is 461. The van der Waals surface area contributed by atoms with Crippen LogP contribution < -0.4 is 0 Å². The molecule has 0 bridgehead atoms. The van der Waals surface area contributed by atoms with Gasteiger partial charge in [-0.3, -0.25) is 4.98 Å². The van der Waals surface area contributed by atoms with Crippen molar-refractivity contribution in [3.8, 4) is 0 Å². The van der Waals surface area contributed by atoms with Gasteiger partial charge in [0.1, 0.15) is 0 Å². The number of aromatic nitrogens is 1. The first-order chi connectivity index (χ1) is 6.31. The molecule has 0 amide bonds. The molecule has 0 spiro atoms. The Labute approximate surface area is 79.3 Å². The largest absolute Gasteiger partial charge is 0.411 e. The Hall–Kier alpha value is -1.42. The molecule has 3 nitrogen and oxygen atoms in total. The highest BCUT2D eigenvalue weighted by Crippen LogP contribution is 2.19. The summed E-state index contributed by atoms with van der Waals surface area (Å²) in [6.45, 7) is 1.75. The minimum atomic E-state index is 0.586. The molecule has 0 atom stereocenters. The molecule has 2 aromatic heterocycles. The Kier molecular flexibility index (Phi) is 1.98. The summed E-state index contributed by atoms with van der Waals surface area (Å²) in [6.07, 6.45) is 1.71. The lowest BCUT2D eigenvalue weighted by Gasteiger charge is -1.96. The Morgan fingerprint density at radius 2 is 2.46 bits per heavy atom. The van der Waals surface area contributed by atoms with Gasteiger partial charge in [-0.05, 0) is 24.4 Å². The van der Waals surface area contributed by atoms with Crippen LogP contribution in [-0.2, 0) is 0 Å². The normalized spacial score (nSPS) is 12.2.